The van der Waals surface area contributed by atoms with Gasteiger partial charge in [-0.05, 0) is 0 Å². The van der Waals surface area contributed by atoms with Crippen LogP contribution in [-0.2, 0) is 0 Å². The maximum absolute atomic E-state index is 12.9. The number of hydrogen-bond acceptors (Lipinski definition) is 1. The lowest BCUT2D eigenvalue weighted by molar-refractivity contribution is -0.470. The molecule has 14 heteroatoms. The zero-order valence-electron chi connectivity index (χ0n) is 8.36. The molecule has 0 radical (unpaired) electrons. The van der Waals surface area contributed by atoms with Crippen LogP contribution in [0.1, 0.15) is 0 Å². The van der Waals surface area contributed by atoms with E-state index in [1.807, 2.05) is 0 Å². The average molecular weight is 336 g/mol. The molecule has 0 bridgehead atoms. The Morgan fingerprint density at radius 3 is 0.750 bits per heavy atom. The highest BCUT2D eigenvalue weighted by Gasteiger charge is 2.94. The minimum absolute atomic E-state index is 7.37. The van der Waals surface area contributed by atoms with Gasteiger partial charge in [-0.2, -0.15) is 52.7 Å². The van der Waals surface area contributed by atoms with E-state index in [9.17, 15) is 57.1 Å². The molecule has 0 unspecified atom stereocenters. The first-order chi connectivity index (χ1) is 8.25. The van der Waals surface area contributed by atoms with Gasteiger partial charge in [-0.3, -0.25) is 0 Å². The lowest BCUT2D eigenvalue weighted by atomic mass is 9.87. The second-order valence-corrected chi connectivity index (χ2v) is 3.34. The van der Waals surface area contributed by atoms with Gasteiger partial charge in [-0.1, -0.05) is 0 Å². The first-order valence-corrected chi connectivity index (χ1v) is 3.93. The smallest absolute Gasteiger partial charge is 0.333 e. The summed E-state index contributed by atoms with van der Waals surface area (Å²) in [6, 6.07) is 0. The zero-order valence-corrected chi connectivity index (χ0v) is 8.36. The third-order valence-electron chi connectivity index (χ3n) is 1.99. The highest BCUT2D eigenvalue weighted by molar-refractivity contribution is 5.14. The van der Waals surface area contributed by atoms with Crippen LogP contribution in [0.25, 0.3) is 0 Å². The summed E-state index contributed by atoms with van der Waals surface area (Å²) in [6.45, 7) is 0. The van der Waals surface area contributed by atoms with Crippen molar-refractivity contribution < 1.29 is 62.2 Å². The molecule has 0 saturated heterocycles. The van der Waals surface area contributed by atoms with E-state index in [4.69, 9.17) is 5.11 Å². The standard InChI is InChI=1S/C6HF13O/c7-1(6(18,19)20,2(8,9)4(12,13)14)3(10,11)5(15,16)17/h20H. The lowest BCUT2D eigenvalue weighted by Gasteiger charge is -2.41. The highest BCUT2D eigenvalue weighted by Crippen LogP contribution is 2.61. The fourth-order valence-electron chi connectivity index (χ4n) is 0.966. The normalized spacial score (nSPS) is 16.5. The minimum Gasteiger partial charge on any atom is -0.333 e. The molecule has 0 amide bonds. The van der Waals surface area contributed by atoms with Crippen LogP contribution in [0.15, 0.2) is 0 Å². The average Bonchev–Trinajstić information content (AvgIpc) is 2.10. The van der Waals surface area contributed by atoms with Crippen molar-refractivity contribution in [3.63, 3.8) is 0 Å². The van der Waals surface area contributed by atoms with Crippen LogP contribution in [0.5, 0.6) is 0 Å². The van der Waals surface area contributed by atoms with Crippen molar-refractivity contribution in [3.8, 4) is 0 Å². The van der Waals surface area contributed by atoms with Gasteiger partial charge in [0, 0.05) is 0 Å². The molecule has 0 fully saturated rings. The van der Waals surface area contributed by atoms with Crippen LogP contribution in [0.2, 0.25) is 0 Å². The molecule has 0 aliphatic carbocycles. The molecule has 0 rings (SSSR count). The van der Waals surface area contributed by atoms with Crippen molar-refractivity contribution in [1.82, 2.24) is 0 Å². The van der Waals surface area contributed by atoms with E-state index in [0.29, 0.717) is 0 Å². The summed E-state index contributed by atoms with van der Waals surface area (Å²) in [4.78, 5) is 0. The third-order valence-corrected chi connectivity index (χ3v) is 1.99. The summed E-state index contributed by atoms with van der Waals surface area (Å²) < 4.78 is 156. The molecule has 0 spiro atoms. The third kappa shape index (κ3) is 2.26. The molecular formula is C6HF13O. The Kier molecular flexibility index (Phi) is 4.07. The molecule has 0 heterocycles. The molecule has 0 aromatic carbocycles. The maximum atomic E-state index is 12.9. The molecule has 1 N–H and O–H groups in total. The van der Waals surface area contributed by atoms with Gasteiger partial charge in [0.05, 0.1) is 0 Å². The van der Waals surface area contributed by atoms with Gasteiger partial charge < -0.3 is 5.11 Å². The molecule has 0 aromatic heterocycles. The van der Waals surface area contributed by atoms with Crippen LogP contribution in [0, 0.1) is 0 Å². The van der Waals surface area contributed by atoms with E-state index in [-0.39, 0.29) is 0 Å². The van der Waals surface area contributed by atoms with Gasteiger partial charge in [0.1, 0.15) is 0 Å². The first kappa shape index (κ1) is 19.1. The second kappa shape index (κ2) is 4.27. The summed E-state index contributed by atoms with van der Waals surface area (Å²) in [7, 11) is 0. The quantitative estimate of drug-likeness (QED) is 0.780. The molecule has 1 nitrogen and oxygen atoms in total. The van der Waals surface area contributed by atoms with Crippen molar-refractivity contribution in [1.29, 1.82) is 0 Å². The van der Waals surface area contributed by atoms with Gasteiger partial charge >= 0.3 is 36.0 Å². The molecule has 0 aliphatic rings. The molecule has 122 valence electrons. The van der Waals surface area contributed by atoms with Gasteiger partial charge in [0.2, 0.25) is 0 Å². The number of halogens is 13. The van der Waals surface area contributed by atoms with Crippen LogP contribution >= 0.6 is 0 Å². The summed E-state index contributed by atoms with van der Waals surface area (Å²) >= 11 is 0. The Morgan fingerprint density at radius 1 is 0.450 bits per heavy atom. The monoisotopic (exact) mass is 336 g/mol. The van der Waals surface area contributed by atoms with E-state index >= 15 is 0 Å². The Labute approximate surface area is 99.5 Å². The molecule has 0 aromatic rings. The molecular weight excluding hydrogens is 335 g/mol. The van der Waals surface area contributed by atoms with Crippen molar-refractivity contribution >= 4 is 0 Å². The van der Waals surface area contributed by atoms with Gasteiger partial charge in [-0.15, -0.1) is 0 Å². The van der Waals surface area contributed by atoms with Crippen LogP contribution in [-0.4, -0.2) is 41.1 Å². The Morgan fingerprint density at radius 2 is 0.650 bits per heavy atom. The Balaban J connectivity index is 6.50. The van der Waals surface area contributed by atoms with Crippen molar-refractivity contribution in [2.24, 2.45) is 0 Å². The number of alkyl halides is 13. The van der Waals surface area contributed by atoms with Gasteiger partial charge in [-0.25, -0.2) is 4.39 Å². The second-order valence-electron chi connectivity index (χ2n) is 3.34. The van der Waals surface area contributed by atoms with Crippen LogP contribution in [0.3, 0.4) is 0 Å². The zero-order chi connectivity index (χ0) is 17.0. The Bertz CT molecular complexity index is 331. The molecule has 0 aliphatic heterocycles. The lowest BCUT2D eigenvalue weighted by Crippen LogP contribution is -2.74. The predicted octanol–water partition coefficient (Wildman–Crippen LogP) is 3.67. The topological polar surface area (TPSA) is 20.2 Å². The molecule has 0 saturated carbocycles. The molecule has 0 atom stereocenters. The number of rotatable bonds is 3. The fraction of sp³-hybridized carbons (Fsp3) is 1.00. The van der Waals surface area contributed by atoms with E-state index in [1.54, 1.807) is 0 Å². The predicted molar refractivity (Wildman–Crippen MR) is 33.0 cm³/mol. The van der Waals surface area contributed by atoms with E-state index in [1.165, 1.54) is 0 Å². The largest absolute Gasteiger partial charge is 0.457 e. The summed E-state index contributed by atoms with van der Waals surface area (Å²) in [5, 5.41) is 7.47. The van der Waals surface area contributed by atoms with E-state index in [0.717, 1.165) is 0 Å². The summed E-state index contributed by atoms with van der Waals surface area (Å²) in [5.74, 6) is -15.8. The van der Waals surface area contributed by atoms with E-state index < -0.39 is 36.0 Å². The summed E-state index contributed by atoms with van der Waals surface area (Å²) in [5.41, 5.74) is -8.00. The number of aliphatic hydroxyl groups is 1. The molecule has 20 heavy (non-hydrogen) atoms. The highest BCUT2D eigenvalue weighted by atomic mass is 19.4. The maximum Gasteiger partial charge on any atom is 0.457 e. The van der Waals surface area contributed by atoms with Crippen molar-refractivity contribution in [2.45, 2.75) is 36.0 Å². The Hall–Kier alpha value is -0.950. The van der Waals surface area contributed by atoms with Crippen LogP contribution < -0.4 is 0 Å². The SMILES string of the molecule is OC(F)(F)C(F)(C(F)(F)C(F)(F)F)C(F)(F)C(F)(F)F. The van der Waals surface area contributed by atoms with E-state index in [2.05, 4.69) is 0 Å². The van der Waals surface area contributed by atoms with Crippen LogP contribution in [0.4, 0.5) is 57.1 Å². The van der Waals surface area contributed by atoms with Crippen molar-refractivity contribution in [2.75, 3.05) is 0 Å². The first-order valence-electron chi connectivity index (χ1n) is 3.93. The summed E-state index contributed by atoms with van der Waals surface area (Å²) in [6.07, 6.45) is -22.5. The minimum atomic E-state index is -8.00. The van der Waals surface area contributed by atoms with Gasteiger partial charge in [0.15, 0.2) is 0 Å². The number of hydrogen-bond donors (Lipinski definition) is 1. The van der Waals surface area contributed by atoms with Gasteiger partial charge in [0.25, 0.3) is 0 Å². The fourth-order valence-corrected chi connectivity index (χ4v) is 0.966. The van der Waals surface area contributed by atoms with Crippen molar-refractivity contribution in [3.05, 3.63) is 0 Å².